The van der Waals surface area contributed by atoms with Crippen LogP contribution in [0.25, 0.3) is 0 Å². The Balaban J connectivity index is 1.71. The lowest BCUT2D eigenvalue weighted by Crippen LogP contribution is -2.32. The SMILES string of the molecule is Cc1ccc(OCCNC(=S)Nc2ccc(OC(F)F)cc2)c(C)c1. The number of nitrogens with one attached hydrogen (secondary N) is 2. The summed E-state index contributed by atoms with van der Waals surface area (Å²) in [6, 6.07) is 12.1. The standard InChI is InChI=1S/C18H20F2N2O2S/c1-12-3-8-16(13(2)11-12)23-10-9-21-18(25)22-14-4-6-15(7-5-14)24-17(19)20/h3-8,11,17H,9-10H2,1-2H3,(H2,21,22,25). The number of thiocarbonyl (C=S) groups is 1. The molecule has 0 saturated carbocycles. The quantitative estimate of drug-likeness (QED) is 0.566. The maximum absolute atomic E-state index is 12.1. The van der Waals surface area contributed by atoms with E-state index in [2.05, 4.69) is 21.4 Å². The molecule has 2 N–H and O–H groups in total. The maximum atomic E-state index is 12.1. The summed E-state index contributed by atoms with van der Waals surface area (Å²) >= 11 is 5.18. The summed E-state index contributed by atoms with van der Waals surface area (Å²) in [6.45, 7) is 2.20. The molecule has 134 valence electrons. The number of halogens is 2. The highest BCUT2D eigenvalue weighted by molar-refractivity contribution is 7.80. The predicted molar refractivity (Wildman–Crippen MR) is 98.7 cm³/mol. The number of rotatable bonds is 7. The summed E-state index contributed by atoms with van der Waals surface area (Å²) in [7, 11) is 0. The largest absolute Gasteiger partial charge is 0.491 e. The zero-order valence-electron chi connectivity index (χ0n) is 14.0. The van der Waals surface area contributed by atoms with Crippen molar-refractivity contribution in [2.24, 2.45) is 0 Å². The Hall–Kier alpha value is -2.41. The molecule has 2 aromatic carbocycles. The molecule has 0 atom stereocenters. The second-order valence-corrected chi connectivity index (χ2v) is 5.81. The smallest absolute Gasteiger partial charge is 0.387 e. The summed E-state index contributed by atoms with van der Waals surface area (Å²) in [5.74, 6) is 0.946. The first-order valence-electron chi connectivity index (χ1n) is 7.74. The second kappa shape index (κ2) is 9.17. The van der Waals surface area contributed by atoms with Crippen molar-refractivity contribution in [1.29, 1.82) is 0 Å². The molecule has 0 amide bonds. The fourth-order valence-electron chi connectivity index (χ4n) is 2.18. The highest BCUT2D eigenvalue weighted by Crippen LogP contribution is 2.19. The molecule has 0 aliphatic carbocycles. The van der Waals surface area contributed by atoms with E-state index in [0.29, 0.717) is 24.0 Å². The van der Waals surface area contributed by atoms with Gasteiger partial charge in [0.1, 0.15) is 18.1 Å². The van der Waals surface area contributed by atoms with Crippen LogP contribution in [0.5, 0.6) is 11.5 Å². The predicted octanol–water partition coefficient (Wildman–Crippen LogP) is 4.27. The van der Waals surface area contributed by atoms with Gasteiger partial charge in [-0.3, -0.25) is 0 Å². The van der Waals surface area contributed by atoms with E-state index in [9.17, 15) is 8.78 Å². The van der Waals surface area contributed by atoms with Gasteiger partial charge in [-0.05, 0) is 62.0 Å². The van der Waals surface area contributed by atoms with Crippen LogP contribution in [0.1, 0.15) is 11.1 Å². The molecular weight excluding hydrogens is 346 g/mol. The van der Waals surface area contributed by atoms with Crippen LogP contribution in [0.4, 0.5) is 14.5 Å². The average molecular weight is 366 g/mol. The third kappa shape index (κ3) is 6.54. The van der Waals surface area contributed by atoms with Gasteiger partial charge in [-0.25, -0.2) is 0 Å². The molecule has 0 aromatic heterocycles. The molecule has 0 aliphatic rings. The lowest BCUT2D eigenvalue weighted by molar-refractivity contribution is -0.0498. The minimum absolute atomic E-state index is 0.0984. The molecule has 2 aromatic rings. The van der Waals surface area contributed by atoms with Crippen molar-refractivity contribution in [3.8, 4) is 11.5 Å². The average Bonchev–Trinajstić information content (AvgIpc) is 2.54. The monoisotopic (exact) mass is 366 g/mol. The van der Waals surface area contributed by atoms with Gasteiger partial charge in [0, 0.05) is 5.69 Å². The Morgan fingerprint density at radius 2 is 1.84 bits per heavy atom. The first-order valence-corrected chi connectivity index (χ1v) is 8.14. The van der Waals surface area contributed by atoms with Gasteiger partial charge in [0.15, 0.2) is 5.11 Å². The van der Waals surface area contributed by atoms with Gasteiger partial charge in [-0.15, -0.1) is 0 Å². The first kappa shape index (κ1) is 18.9. The van der Waals surface area contributed by atoms with Crippen molar-refractivity contribution in [3.63, 3.8) is 0 Å². The fourth-order valence-corrected chi connectivity index (χ4v) is 2.40. The van der Waals surface area contributed by atoms with Crippen LogP contribution < -0.4 is 20.1 Å². The Labute approximate surface area is 151 Å². The fraction of sp³-hybridized carbons (Fsp3) is 0.278. The number of anilines is 1. The van der Waals surface area contributed by atoms with E-state index in [0.717, 1.165) is 11.3 Å². The lowest BCUT2D eigenvalue weighted by Gasteiger charge is -2.13. The third-order valence-electron chi connectivity index (χ3n) is 3.31. The molecule has 2 rings (SSSR count). The number of hydrogen-bond acceptors (Lipinski definition) is 3. The van der Waals surface area contributed by atoms with Gasteiger partial charge in [0.05, 0.1) is 6.54 Å². The van der Waals surface area contributed by atoms with Crippen LogP contribution in [-0.2, 0) is 0 Å². The molecule has 0 saturated heterocycles. The van der Waals surface area contributed by atoms with Crippen molar-refractivity contribution in [1.82, 2.24) is 5.32 Å². The number of hydrogen-bond donors (Lipinski definition) is 2. The number of benzene rings is 2. The van der Waals surface area contributed by atoms with E-state index >= 15 is 0 Å². The Bertz CT molecular complexity index is 709. The van der Waals surface area contributed by atoms with Crippen LogP contribution >= 0.6 is 12.2 Å². The molecule has 0 unspecified atom stereocenters. The Morgan fingerprint density at radius 3 is 2.48 bits per heavy atom. The van der Waals surface area contributed by atoms with E-state index in [1.807, 2.05) is 26.0 Å². The first-order chi connectivity index (χ1) is 11.9. The number of ether oxygens (including phenoxy) is 2. The van der Waals surface area contributed by atoms with Crippen molar-refractivity contribution >= 4 is 23.0 Å². The van der Waals surface area contributed by atoms with E-state index in [1.54, 1.807) is 12.1 Å². The Kier molecular flexibility index (Phi) is 6.94. The van der Waals surface area contributed by atoms with Crippen LogP contribution in [0.3, 0.4) is 0 Å². The molecular formula is C18H20F2N2O2S. The molecule has 0 aliphatic heterocycles. The summed E-state index contributed by atoms with van der Waals surface area (Å²) in [4.78, 5) is 0. The second-order valence-electron chi connectivity index (χ2n) is 5.40. The van der Waals surface area contributed by atoms with Gasteiger partial charge in [0.25, 0.3) is 0 Å². The van der Waals surface area contributed by atoms with Crippen molar-refractivity contribution < 1.29 is 18.3 Å². The van der Waals surface area contributed by atoms with Crippen LogP contribution in [-0.4, -0.2) is 24.9 Å². The van der Waals surface area contributed by atoms with Crippen LogP contribution in [0.15, 0.2) is 42.5 Å². The number of alkyl halides is 2. The van der Waals surface area contributed by atoms with Crippen molar-refractivity contribution in [2.75, 3.05) is 18.5 Å². The normalized spacial score (nSPS) is 10.4. The van der Waals surface area contributed by atoms with E-state index in [1.165, 1.54) is 17.7 Å². The molecule has 7 heteroatoms. The lowest BCUT2D eigenvalue weighted by atomic mass is 10.1. The highest BCUT2D eigenvalue weighted by Gasteiger charge is 2.04. The summed E-state index contributed by atoms with van der Waals surface area (Å²) in [5, 5.41) is 6.41. The van der Waals surface area contributed by atoms with Gasteiger partial charge < -0.3 is 20.1 Å². The van der Waals surface area contributed by atoms with Gasteiger partial charge in [-0.2, -0.15) is 8.78 Å². The van der Waals surface area contributed by atoms with Gasteiger partial charge in [0.2, 0.25) is 0 Å². The van der Waals surface area contributed by atoms with E-state index in [-0.39, 0.29) is 5.75 Å². The molecule has 25 heavy (non-hydrogen) atoms. The zero-order chi connectivity index (χ0) is 18.2. The van der Waals surface area contributed by atoms with Crippen LogP contribution in [0.2, 0.25) is 0 Å². The summed E-state index contributed by atoms with van der Waals surface area (Å²) < 4.78 is 34.2. The third-order valence-corrected chi connectivity index (χ3v) is 3.56. The van der Waals surface area contributed by atoms with Crippen molar-refractivity contribution in [3.05, 3.63) is 53.6 Å². The summed E-state index contributed by atoms with van der Waals surface area (Å²) in [5.41, 5.74) is 2.96. The minimum atomic E-state index is -2.83. The Morgan fingerprint density at radius 1 is 1.12 bits per heavy atom. The molecule has 0 heterocycles. The van der Waals surface area contributed by atoms with E-state index in [4.69, 9.17) is 17.0 Å². The van der Waals surface area contributed by atoms with E-state index < -0.39 is 6.61 Å². The maximum Gasteiger partial charge on any atom is 0.387 e. The van der Waals surface area contributed by atoms with Crippen LogP contribution in [0, 0.1) is 13.8 Å². The topological polar surface area (TPSA) is 42.5 Å². The van der Waals surface area contributed by atoms with Crippen molar-refractivity contribution in [2.45, 2.75) is 20.5 Å². The zero-order valence-corrected chi connectivity index (χ0v) is 14.8. The molecule has 0 bridgehead atoms. The van der Waals surface area contributed by atoms with Gasteiger partial charge in [-0.1, -0.05) is 17.7 Å². The molecule has 0 spiro atoms. The molecule has 4 nitrogen and oxygen atoms in total. The highest BCUT2D eigenvalue weighted by atomic mass is 32.1. The minimum Gasteiger partial charge on any atom is -0.491 e. The molecule has 0 fully saturated rings. The van der Waals surface area contributed by atoms with Gasteiger partial charge >= 0.3 is 6.61 Å². The summed E-state index contributed by atoms with van der Waals surface area (Å²) in [6.07, 6.45) is 0. The molecule has 0 radical (unpaired) electrons. The number of aryl methyl sites for hydroxylation is 2.